The molecule has 0 radical (unpaired) electrons. The van der Waals surface area contributed by atoms with Crippen LogP contribution < -0.4 is 10.6 Å². The Morgan fingerprint density at radius 2 is 1.90 bits per heavy atom. The minimum absolute atomic E-state index is 0.143. The summed E-state index contributed by atoms with van der Waals surface area (Å²) in [5.41, 5.74) is 4.62. The van der Waals surface area contributed by atoms with Gasteiger partial charge in [0.05, 0.1) is 0 Å². The molecular formula is C12H18F3N5S. The van der Waals surface area contributed by atoms with Gasteiger partial charge in [0.25, 0.3) is 0 Å². The maximum absolute atomic E-state index is 12.9. The van der Waals surface area contributed by atoms with Gasteiger partial charge in [0.2, 0.25) is 0 Å². The number of nitrogens with zero attached hydrogens (tertiary/aromatic N) is 4. The molecule has 0 saturated carbocycles. The minimum atomic E-state index is -4.45. The monoisotopic (exact) mass is 321 g/mol. The van der Waals surface area contributed by atoms with Gasteiger partial charge in [0, 0.05) is 45.3 Å². The zero-order valence-corrected chi connectivity index (χ0v) is 12.5. The van der Waals surface area contributed by atoms with E-state index >= 15 is 0 Å². The predicted octanol–water partition coefficient (Wildman–Crippen LogP) is 1.30. The SMILES string of the molecule is CSc1nc(N2CCN(CCN)CC2)cc(C(F)(F)F)n1. The van der Waals surface area contributed by atoms with Gasteiger partial charge in [-0.15, -0.1) is 0 Å². The molecule has 1 aliphatic rings. The van der Waals surface area contributed by atoms with Gasteiger partial charge in [-0.3, -0.25) is 4.90 Å². The van der Waals surface area contributed by atoms with E-state index in [0.29, 0.717) is 25.5 Å². The van der Waals surface area contributed by atoms with Gasteiger partial charge in [-0.2, -0.15) is 13.2 Å². The Morgan fingerprint density at radius 1 is 1.24 bits per heavy atom. The molecule has 1 saturated heterocycles. The summed E-state index contributed by atoms with van der Waals surface area (Å²) in [6.45, 7) is 4.22. The van der Waals surface area contributed by atoms with E-state index in [9.17, 15) is 13.2 Å². The number of alkyl halides is 3. The molecule has 0 aromatic carbocycles. The predicted molar refractivity (Wildman–Crippen MR) is 76.5 cm³/mol. The number of halogens is 3. The van der Waals surface area contributed by atoms with Gasteiger partial charge in [0.15, 0.2) is 10.9 Å². The van der Waals surface area contributed by atoms with E-state index in [2.05, 4.69) is 14.9 Å². The second kappa shape index (κ2) is 6.80. The molecule has 1 aromatic rings. The van der Waals surface area contributed by atoms with Gasteiger partial charge in [-0.05, 0) is 6.26 Å². The summed E-state index contributed by atoms with van der Waals surface area (Å²) in [6, 6.07) is 1.03. The number of anilines is 1. The lowest BCUT2D eigenvalue weighted by Gasteiger charge is -2.35. The summed E-state index contributed by atoms with van der Waals surface area (Å²) < 4.78 is 38.6. The molecule has 2 heterocycles. The molecule has 2 rings (SSSR count). The molecule has 1 fully saturated rings. The Kier molecular flexibility index (Phi) is 5.28. The van der Waals surface area contributed by atoms with Crippen LogP contribution in [0.4, 0.5) is 19.0 Å². The number of hydrogen-bond acceptors (Lipinski definition) is 6. The first kappa shape index (κ1) is 16.3. The Bertz CT molecular complexity index is 474. The molecule has 5 nitrogen and oxygen atoms in total. The lowest BCUT2D eigenvalue weighted by Crippen LogP contribution is -2.48. The lowest BCUT2D eigenvalue weighted by atomic mass is 10.3. The van der Waals surface area contributed by atoms with Crippen molar-refractivity contribution in [2.24, 2.45) is 5.73 Å². The summed E-state index contributed by atoms with van der Waals surface area (Å²) >= 11 is 1.11. The third-order valence-corrected chi connectivity index (χ3v) is 3.85. The van der Waals surface area contributed by atoms with Crippen molar-refractivity contribution in [3.8, 4) is 0 Å². The van der Waals surface area contributed by atoms with Crippen LogP contribution in [0.25, 0.3) is 0 Å². The number of rotatable bonds is 4. The van der Waals surface area contributed by atoms with Crippen LogP contribution in [0.1, 0.15) is 5.69 Å². The topological polar surface area (TPSA) is 58.3 Å². The second-order valence-corrected chi connectivity index (χ2v) is 5.49. The fraction of sp³-hybridized carbons (Fsp3) is 0.667. The fourth-order valence-electron chi connectivity index (χ4n) is 2.19. The van der Waals surface area contributed by atoms with Crippen molar-refractivity contribution < 1.29 is 13.2 Å². The molecule has 0 spiro atoms. The quantitative estimate of drug-likeness (QED) is 0.666. The van der Waals surface area contributed by atoms with E-state index in [0.717, 1.165) is 37.5 Å². The van der Waals surface area contributed by atoms with E-state index in [1.54, 1.807) is 6.26 Å². The van der Waals surface area contributed by atoms with Crippen LogP contribution >= 0.6 is 11.8 Å². The van der Waals surface area contributed by atoms with Gasteiger partial charge in [-0.25, -0.2) is 9.97 Å². The van der Waals surface area contributed by atoms with Crippen LogP contribution in [0.5, 0.6) is 0 Å². The summed E-state index contributed by atoms with van der Waals surface area (Å²) in [5.74, 6) is 0.342. The van der Waals surface area contributed by atoms with E-state index in [4.69, 9.17) is 5.73 Å². The van der Waals surface area contributed by atoms with Crippen LogP contribution in [0.15, 0.2) is 11.2 Å². The van der Waals surface area contributed by atoms with Crippen LogP contribution in [0.3, 0.4) is 0 Å². The summed E-state index contributed by atoms with van der Waals surface area (Å²) in [5, 5.41) is 0.143. The summed E-state index contributed by atoms with van der Waals surface area (Å²) in [4.78, 5) is 11.8. The number of nitrogens with two attached hydrogens (primary N) is 1. The maximum atomic E-state index is 12.9. The second-order valence-electron chi connectivity index (χ2n) is 4.71. The Hall–Kier alpha value is -1.06. The average molecular weight is 321 g/mol. The van der Waals surface area contributed by atoms with E-state index in [1.807, 2.05) is 4.90 Å². The molecule has 118 valence electrons. The Labute approximate surface area is 125 Å². The van der Waals surface area contributed by atoms with Gasteiger partial charge in [0.1, 0.15) is 5.82 Å². The molecule has 1 aliphatic heterocycles. The highest BCUT2D eigenvalue weighted by molar-refractivity contribution is 7.98. The number of piperazine rings is 1. The minimum Gasteiger partial charge on any atom is -0.354 e. The fourth-order valence-corrected chi connectivity index (χ4v) is 2.57. The maximum Gasteiger partial charge on any atom is 0.433 e. The number of aromatic nitrogens is 2. The van der Waals surface area contributed by atoms with Crippen molar-refractivity contribution >= 4 is 17.6 Å². The van der Waals surface area contributed by atoms with E-state index in [1.165, 1.54) is 0 Å². The Morgan fingerprint density at radius 3 is 2.43 bits per heavy atom. The third-order valence-electron chi connectivity index (χ3n) is 3.31. The van der Waals surface area contributed by atoms with E-state index < -0.39 is 11.9 Å². The molecule has 0 amide bonds. The van der Waals surface area contributed by atoms with Gasteiger partial charge >= 0.3 is 6.18 Å². The van der Waals surface area contributed by atoms with Gasteiger partial charge < -0.3 is 10.6 Å². The Balaban J connectivity index is 2.16. The van der Waals surface area contributed by atoms with Crippen molar-refractivity contribution in [3.63, 3.8) is 0 Å². The molecular weight excluding hydrogens is 303 g/mol. The normalized spacial score (nSPS) is 17.3. The highest BCUT2D eigenvalue weighted by atomic mass is 32.2. The zero-order chi connectivity index (χ0) is 15.5. The first-order valence-electron chi connectivity index (χ1n) is 6.61. The molecule has 21 heavy (non-hydrogen) atoms. The van der Waals surface area contributed by atoms with Gasteiger partial charge in [-0.1, -0.05) is 11.8 Å². The first-order chi connectivity index (χ1) is 9.94. The number of thioether (sulfide) groups is 1. The molecule has 0 atom stereocenters. The molecule has 0 aliphatic carbocycles. The van der Waals surface area contributed by atoms with Crippen LogP contribution in [0.2, 0.25) is 0 Å². The average Bonchev–Trinajstić information content (AvgIpc) is 2.47. The zero-order valence-electron chi connectivity index (χ0n) is 11.7. The first-order valence-corrected chi connectivity index (χ1v) is 7.84. The highest BCUT2D eigenvalue weighted by Crippen LogP contribution is 2.31. The van der Waals surface area contributed by atoms with E-state index in [-0.39, 0.29) is 5.16 Å². The molecule has 9 heteroatoms. The van der Waals surface area contributed by atoms with Crippen molar-refractivity contribution in [1.82, 2.24) is 14.9 Å². The third kappa shape index (κ3) is 4.21. The van der Waals surface area contributed by atoms with Crippen molar-refractivity contribution in [3.05, 3.63) is 11.8 Å². The van der Waals surface area contributed by atoms with Crippen LogP contribution in [0, 0.1) is 0 Å². The van der Waals surface area contributed by atoms with Crippen molar-refractivity contribution in [2.45, 2.75) is 11.3 Å². The summed E-state index contributed by atoms with van der Waals surface area (Å²) in [7, 11) is 0. The van der Waals surface area contributed by atoms with Crippen molar-refractivity contribution in [2.75, 3.05) is 50.4 Å². The molecule has 0 unspecified atom stereocenters. The summed E-state index contributed by atoms with van der Waals surface area (Å²) in [6.07, 6.45) is -2.79. The van der Waals surface area contributed by atoms with Crippen LogP contribution in [-0.2, 0) is 6.18 Å². The number of hydrogen-bond donors (Lipinski definition) is 1. The molecule has 1 aromatic heterocycles. The molecule has 2 N–H and O–H groups in total. The highest BCUT2D eigenvalue weighted by Gasteiger charge is 2.34. The van der Waals surface area contributed by atoms with Crippen LogP contribution in [-0.4, -0.2) is 60.4 Å². The smallest absolute Gasteiger partial charge is 0.354 e. The standard InChI is InChI=1S/C12H18F3N5S/c1-21-11-17-9(12(13,14)15)8-10(18-11)20-6-4-19(3-2-16)5-7-20/h8H,2-7,16H2,1H3. The van der Waals surface area contributed by atoms with Crippen molar-refractivity contribution in [1.29, 1.82) is 0 Å². The lowest BCUT2D eigenvalue weighted by molar-refractivity contribution is -0.141. The largest absolute Gasteiger partial charge is 0.433 e. The molecule has 0 bridgehead atoms.